The van der Waals surface area contributed by atoms with E-state index in [9.17, 15) is 14.0 Å². The normalized spacial score (nSPS) is 18.3. The summed E-state index contributed by atoms with van der Waals surface area (Å²) >= 11 is 0. The number of carbonyl (C=O) groups is 2. The average molecular weight is 411 g/mol. The average Bonchev–Trinajstić information content (AvgIpc) is 2.75. The minimum atomic E-state index is -0.666. The highest BCUT2D eigenvalue weighted by Gasteiger charge is 2.44. The van der Waals surface area contributed by atoms with Gasteiger partial charge in [-0.3, -0.25) is 14.5 Å². The van der Waals surface area contributed by atoms with Gasteiger partial charge in [0, 0.05) is 38.6 Å². The number of halogens is 1. The van der Waals surface area contributed by atoms with Crippen LogP contribution in [-0.2, 0) is 11.3 Å². The molecule has 2 aromatic carbocycles. The highest BCUT2D eigenvalue weighted by Crippen LogP contribution is 2.41. The van der Waals surface area contributed by atoms with Crippen molar-refractivity contribution in [2.24, 2.45) is 0 Å². The molecule has 1 saturated heterocycles. The van der Waals surface area contributed by atoms with Crippen molar-refractivity contribution in [2.75, 3.05) is 13.1 Å². The van der Waals surface area contributed by atoms with Crippen molar-refractivity contribution in [3.05, 3.63) is 71.0 Å². The van der Waals surface area contributed by atoms with E-state index < -0.39 is 17.3 Å². The van der Waals surface area contributed by atoms with Crippen LogP contribution >= 0.6 is 0 Å². The quantitative estimate of drug-likeness (QED) is 0.476. The van der Waals surface area contributed by atoms with Crippen molar-refractivity contribution in [1.29, 1.82) is 0 Å². The molecule has 1 fully saturated rings. The van der Waals surface area contributed by atoms with E-state index in [-0.39, 0.29) is 23.5 Å². The largest absolute Gasteiger partial charge is 0.483 e. The fourth-order valence-corrected chi connectivity index (χ4v) is 4.11. The van der Waals surface area contributed by atoms with Gasteiger partial charge in [0.05, 0.1) is 12.0 Å². The number of likely N-dealkylation sites (tertiary alicyclic amines) is 1. The molecular weight excluding hydrogens is 387 g/mol. The summed E-state index contributed by atoms with van der Waals surface area (Å²) in [6, 6.07) is 13.0. The number of rotatable bonds is 4. The van der Waals surface area contributed by atoms with E-state index in [2.05, 4.69) is 17.0 Å². The highest BCUT2D eigenvalue weighted by atomic mass is 19.1. The Morgan fingerprint density at radius 1 is 1.23 bits per heavy atom. The predicted octanol–water partition coefficient (Wildman–Crippen LogP) is 2.59. The molecule has 0 saturated carbocycles. The summed E-state index contributed by atoms with van der Waals surface area (Å²) in [4.78, 5) is 26.4. The SMILES string of the molecule is O=C(/C=C/c1cc(F)c2c(c1)C(=O)CC1(CCN(Cc3ccccc3)CC1)O2)N[OH2+]. The second-order valence-electron chi connectivity index (χ2n) is 7.85. The van der Waals surface area contributed by atoms with Gasteiger partial charge >= 0.3 is 5.91 Å². The Labute approximate surface area is 173 Å². The molecule has 2 aliphatic heterocycles. The lowest BCUT2D eigenvalue weighted by Crippen LogP contribution is -2.51. The maximum absolute atomic E-state index is 14.8. The molecule has 7 heteroatoms. The summed E-state index contributed by atoms with van der Waals surface area (Å²) in [5.41, 5.74) is 2.87. The van der Waals surface area contributed by atoms with Crippen molar-refractivity contribution in [2.45, 2.75) is 31.4 Å². The van der Waals surface area contributed by atoms with E-state index in [0.717, 1.165) is 25.7 Å². The lowest BCUT2D eigenvalue weighted by Gasteiger charge is -2.44. The van der Waals surface area contributed by atoms with Gasteiger partial charge < -0.3 is 9.94 Å². The third-order valence-electron chi connectivity index (χ3n) is 5.73. The van der Waals surface area contributed by atoms with Crippen LogP contribution in [-0.4, -0.2) is 40.5 Å². The van der Waals surface area contributed by atoms with Gasteiger partial charge in [-0.05, 0) is 29.3 Å². The molecule has 4 rings (SSSR count). The van der Waals surface area contributed by atoms with Gasteiger partial charge in [-0.25, -0.2) is 4.39 Å². The number of hydrogen-bond acceptors (Lipinski definition) is 4. The second kappa shape index (κ2) is 8.38. The Morgan fingerprint density at radius 3 is 2.67 bits per heavy atom. The molecule has 1 spiro atoms. The molecular formula is C23H24FN2O4+. The Hall–Kier alpha value is -3.03. The first-order valence-corrected chi connectivity index (χ1v) is 9.95. The molecule has 1 amide bonds. The summed E-state index contributed by atoms with van der Waals surface area (Å²) in [7, 11) is 0. The Bertz CT molecular complexity index is 982. The van der Waals surface area contributed by atoms with Gasteiger partial charge in [0.1, 0.15) is 5.60 Å². The van der Waals surface area contributed by atoms with Gasteiger partial charge in [0.25, 0.3) is 0 Å². The summed E-state index contributed by atoms with van der Waals surface area (Å²) in [5, 5.41) is 6.78. The number of nitrogens with one attached hydrogen (secondary N) is 1. The number of amides is 1. The van der Waals surface area contributed by atoms with Crippen LogP contribution in [0.1, 0.15) is 40.7 Å². The number of carbonyl (C=O) groups excluding carboxylic acids is 2. The van der Waals surface area contributed by atoms with Crippen LogP contribution < -0.4 is 10.2 Å². The number of ketones is 1. The number of hydrogen-bond donors (Lipinski definition) is 1. The van der Waals surface area contributed by atoms with E-state index >= 15 is 0 Å². The molecule has 6 nitrogen and oxygen atoms in total. The molecule has 0 bridgehead atoms. The number of piperidine rings is 1. The molecule has 156 valence electrons. The molecule has 0 radical (unpaired) electrons. The smallest absolute Gasteiger partial charge is 0.306 e. The third kappa shape index (κ3) is 4.27. The first-order valence-electron chi connectivity index (χ1n) is 9.95. The summed E-state index contributed by atoms with van der Waals surface area (Å²) in [6.07, 6.45) is 4.03. The minimum Gasteiger partial charge on any atom is -0.483 e. The number of fused-ring (bicyclic) bond motifs is 1. The molecule has 0 atom stereocenters. The molecule has 0 unspecified atom stereocenters. The molecule has 2 heterocycles. The Balaban J connectivity index is 1.48. The number of benzene rings is 2. The zero-order valence-electron chi connectivity index (χ0n) is 16.5. The summed E-state index contributed by atoms with van der Waals surface area (Å²) in [5.74, 6) is -1.38. The van der Waals surface area contributed by atoms with Gasteiger partial charge in [0.2, 0.25) is 0 Å². The third-order valence-corrected chi connectivity index (χ3v) is 5.73. The number of Topliss-reactive ketones (excluding diaryl/α,β-unsaturated/α-hetero) is 1. The molecule has 30 heavy (non-hydrogen) atoms. The van der Waals surface area contributed by atoms with Gasteiger partial charge in [-0.2, -0.15) is 0 Å². The molecule has 3 N–H and O–H groups in total. The lowest BCUT2D eigenvalue weighted by atomic mass is 9.82. The van der Waals surface area contributed by atoms with E-state index in [1.54, 1.807) is 5.48 Å². The van der Waals surface area contributed by atoms with Crippen molar-refractivity contribution < 1.29 is 23.9 Å². The fourth-order valence-electron chi connectivity index (χ4n) is 4.11. The maximum atomic E-state index is 14.8. The highest BCUT2D eigenvalue weighted by molar-refractivity contribution is 6.01. The fraction of sp³-hybridized carbons (Fsp3) is 0.304. The first kappa shape index (κ1) is 20.3. The minimum absolute atomic E-state index is 0.00449. The maximum Gasteiger partial charge on any atom is 0.306 e. The first-order chi connectivity index (χ1) is 14.5. The zero-order chi connectivity index (χ0) is 21.1. The van der Waals surface area contributed by atoms with E-state index in [1.807, 2.05) is 18.2 Å². The zero-order valence-corrected chi connectivity index (χ0v) is 16.5. The number of ether oxygens (including phenoxy) is 1. The van der Waals surface area contributed by atoms with Crippen molar-refractivity contribution in [3.8, 4) is 5.75 Å². The monoisotopic (exact) mass is 411 g/mol. The molecule has 0 aliphatic carbocycles. The predicted molar refractivity (Wildman–Crippen MR) is 110 cm³/mol. The number of nitrogens with zero attached hydrogens (tertiary/aromatic N) is 1. The summed E-state index contributed by atoms with van der Waals surface area (Å²) in [6.45, 7) is 2.40. The van der Waals surface area contributed by atoms with Crippen LogP contribution in [0.3, 0.4) is 0 Å². The van der Waals surface area contributed by atoms with Crippen LogP contribution in [0.2, 0.25) is 0 Å². The number of hydroxylamine groups is 1. The Morgan fingerprint density at radius 2 is 1.97 bits per heavy atom. The standard InChI is InChI=1S/C23H23FN2O4/c24-19-13-17(6-7-21(28)25-29)12-18-20(27)14-23(30-22(18)19)8-10-26(11-9-23)15-16-4-2-1-3-5-16/h1-7,12-13,29H,8-11,14-15H2,(H,25,28)/p+1/b7-6+. The Kier molecular flexibility index (Phi) is 5.65. The lowest BCUT2D eigenvalue weighted by molar-refractivity contribution is -0.124. The van der Waals surface area contributed by atoms with Crippen LogP contribution in [0.25, 0.3) is 6.08 Å². The van der Waals surface area contributed by atoms with Crippen LogP contribution in [0.5, 0.6) is 5.75 Å². The van der Waals surface area contributed by atoms with Crippen LogP contribution in [0, 0.1) is 5.82 Å². The molecule has 2 aromatic rings. The summed E-state index contributed by atoms with van der Waals surface area (Å²) < 4.78 is 20.9. The van der Waals surface area contributed by atoms with E-state index in [4.69, 9.17) is 9.94 Å². The van der Waals surface area contributed by atoms with Crippen LogP contribution in [0.15, 0.2) is 48.5 Å². The van der Waals surface area contributed by atoms with Gasteiger partial charge in [0.15, 0.2) is 17.3 Å². The van der Waals surface area contributed by atoms with E-state index in [0.29, 0.717) is 18.4 Å². The van der Waals surface area contributed by atoms with Gasteiger partial charge in [-0.1, -0.05) is 30.3 Å². The van der Waals surface area contributed by atoms with Gasteiger partial charge in [-0.15, -0.1) is 5.48 Å². The van der Waals surface area contributed by atoms with Crippen LogP contribution in [0.4, 0.5) is 4.39 Å². The topological polar surface area (TPSA) is 81.5 Å². The van der Waals surface area contributed by atoms with E-state index in [1.165, 1.54) is 23.8 Å². The van der Waals surface area contributed by atoms with Crippen molar-refractivity contribution in [3.63, 3.8) is 0 Å². The van der Waals surface area contributed by atoms with Crippen molar-refractivity contribution >= 4 is 17.8 Å². The molecule has 0 aromatic heterocycles. The second-order valence-corrected chi connectivity index (χ2v) is 7.85. The van der Waals surface area contributed by atoms with Crippen molar-refractivity contribution in [1.82, 2.24) is 10.4 Å². The molecule has 2 aliphatic rings.